The summed E-state index contributed by atoms with van der Waals surface area (Å²) in [5.41, 5.74) is -1.51. The van der Waals surface area contributed by atoms with Crippen molar-refractivity contribution in [3.8, 4) is 0 Å². The van der Waals surface area contributed by atoms with E-state index in [2.05, 4.69) is 0 Å². The Hall–Kier alpha value is -1.11. The van der Waals surface area contributed by atoms with Gasteiger partial charge in [0.1, 0.15) is 5.41 Å². The molecule has 0 aliphatic carbocycles. The monoisotopic (exact) mass is 263 g/mol. The van der Waals surface area contributed by atoms with Gasteiger partial charge in [-0.25, -0.2) is 8.42 Å². The van der Waals surface area contributed by atoms with Crippen molar-refractivity contribution < 1.29 is 23.1 Å². The van der Waals surface area contributed by atoms with E-state index in [1.165, 1.54) is 18.7 Å². The number of aliphatic carboxylic acids is 1. The van der Waals surface area contributed by atoms with Crippen molar-refractivity contribution >= 4 is 21.7 Å². The average Bonchev–Trinajstić information content (AvgIpc) is 2.38. The molecule has 0 aromatic heterocycles. The van der Waals surface area contributed by atoms with Crippen molar-refractivity contribution in [1.82, 2.24) is 4.90 Å². The highest BCUT2D eigenvalue weighted by Gasteiger charge is 2.39. The Morgan fingerprint density at radius 3 is 2.29 bits per heavy atom. The van der Waals surface area contributed by atoms with E-state index in [1.54, 1.807) is 0 Å². The second-order valence-electron chi connectivity index (χ2n) is 4.73. The second kappa shape index (κ2) is 4.64. The molecule has 0 bridgehead atoms. The molecule has 0 aromatic carbocycles. The normalized spacial score (nSPS) is 20.7. The number of hydrogen-bond donors (Lipinski definition) is 1. The SMILES string of the molecule is CC(C)(C(=O)O)C(=O)N1CCCS(=O)(=O)CC1. The van der Waals surface area contributed by atoms with Crippen molar-refractivity contribution in [3.63, 3.8) is 0 Å². The number of carbonyl (C=O) groups is 2. The summed E-state index contributed by atoms with van der Waals surface area (Å²) in [6, 6.07) is 0. The highest BCUT2D eigenvalue weighted by molar-refractivity contribution is 7.91. The number of amides is 1. The summed E-state index contributed by atoms with van der Waals surface area (Å²) in [5.74, 6) is -1.75. The predicted molar refractivity (Wildman–Crippen MR) is 61.3 cm³/mol. The molecule has 7 heteroatoms. The van der Waals surface area contributed by atoms with Crippen LogP contribution in [-0.2, 0) is 19.4 Å². The number of hydrogen-bond acceptors (Lipinski definition) is 4. The van der Waals surface area contributed by atoms with Gasteiger partial charge in [-0.2, -0.15) is 0 Å². The summed E-state index contributed by atoms with van der Waals surface area (Å²) >= 11 is 0. The van der Waals surface area contributed by atoms with Crippen LogP contribution in [0.3, 0.4) is 0 Å². The van der Waals surface area contributed by atoms with Gasteiger partial charge < -0.3 is 10.0 Å². The Labute approximate surface area is 101 Å². The lowest BCUT2D eigenvalue weighted by molar-refractivity contribution is -0.158. The van der Waals surface area contributed by atoms with Gasteiger partial charge in [0, 0.05) is 13.1 Å². The van der Waals surface area contributed by atoms with E-state index in [4.69, 9.17) is 5.11 Å². The molecule has 0 radical (unpaired) electrons. The fourth-order valence-corrected chi connectivity index (χ4v) is 2.90. The zero-order valence-electron chi connectivity index (χ0n) is 9.97. The van der Waals surface area contributed by atoms with Crippen LogP contribution in [0.4, 0.5) is 0 Å². The summed E-state index contributed by atoms with van der Waals surface area (Å²) in [6.45, 7) is 3.04. The minimum Gasteiger partial charge on any atom is -0.480 e. The number of sulfone groups is 1. The Balaban J connectivity index is 2.81. The van der Waals surface area contributed by atoms with Gasteiger partial charge in [0.25, 0.3) is 0 Å². The number of carboxylic acid groups (broad SMARTS) is 1. The van der Waals surface area contributed by atoms with Crippen LogP contribution < -0.4 is 0 Å². The van der Waals surface area contributed by atoms with Crippen molar-refractivity contribution in [2.45, 2.75) is 20.3 Å². The van der Waals surface area contributed by atoms with Gasteiger partial charge in [-0.15, -0.1) is 0 Å². The molecule has 1 amide bonds. The number of rotatable bonds is 2. The Kier molecular flexibility index (Phi) is 3.81. The van der Waals surface area contributed by atoms with E-state index in [0.717, 1.165) is 0 Å². The molecule has 0 unspecified atom stereocenters. The van der Waals surface area contributed by atoms with Gasteiger partial charge in [-0.1, -0.05) is 0 Å². The quantitative estimate of drug-likeness (QED) is 0.693. The molecule has 1 N–H and O–H groups in total. The molecular weight excluding hydrogens is 246 g/mol. The Morgan fingerprint density at radius 2 is 1.76 bits per heavy atom. The fourth-order valence-electron chi connectivity index (χ4n) is 1.63. The number of carbonyl (C=O) groups excluding carboxylic acids is 1. The van der Waals surface area contributed by atoms with E-state index >= 15 is 0 Å². The molecule has 1 rings (SSSR count). The third-order valence-electron chi connectivity index (χ3n) is 2.91. The van der Waals surface area contributed by atoms with E-state index < -0.39 is 27.1 Å². The van der Waals surface area contributed by atoms with E-state index in [0.29, 0.717) is 13.0 Å². The van der Waals surface area contributed by atoms with E-state index in [1.807, 2.05) is 0 Å². The predicted octanol–water partition coefficient (Wildman–Crippen LogP) is -0.256. The smallest absolute Gasteiger partial charge is 0.318 e. The maximum Gasteiger partial charge on any atom is 0.318 e. The first-order valence-electron chi connectivity index (χ1n) is 5.40. The van der Waals surface area contributed by atoms with E-state index in [9.17, 15) is 18.0 Å². The summed E-state index contributed by atoms with van der Waals surface area (Å²) in [5, 5.41) is 8.95. The summed E-state index contributed by atoms with van der Waals surface area (Å²) in [4.78, 5) is 24.3. The molecule has 6 nitrogen and oxygen atoms in total. The molecule has 1 aliphatic heterocycles. The van der Waals surface area contributed by atoms with Gasteiger partial charge >= 0.3 is 5.97 Å². The molecular formula is C10H17NO5S. The largest absolute Gasteiger partial charge is 0.480 e. The summed E-state index contributed by atoms with van der Waals surface area (Å²) in [7, 11) is -3.09. The molecule has 0 aromatic rings. The first kappa shape index (κ1) is 14.0. The minimum atomic E-state index is -3.09. The van der Waals surface area contributed by atoms with Crippen LogP contribution in [-0.4, -0.2) is 54.9 Å². The Bertz CT molecular complexity index is 426. The average molecular weight is 263 g/mol. The maximum absolute atomic E-state index is 12.0. The lowest BCUT2D eigenvalue weighted by atomic mass is 9.92. The third kappa shape index (κ3) is 3.18. The highest BCUT2D eigenvalue weighted by Crippen LogP contribution is 2.20. The first-order valence-corrected chi connectivity index (χ1v) is 7.22. The lowest BCUT2D eigenvalue weighted by Crippen LogP contribution is -2.46. The van der Waals surface area contributed by atoms with Gasteiger partial charge in [-0.3, -0.25) is 9.59 Å². The zero-order valence-corrected chi connectivity index (χ0v) is 10.8. The maximum atomic E-state index is 12.0. The first-order chi connectivity index (χ1) is 7.67. The lowest BCUT2D eigenvalue weighted by Gasteiger charge is -2.27. The number of nitrogens with zero attached hydrogens (tertiary/aromatic N) is 1. The van der Waals surface area contributed by atoms with E-state index in [-0.39, 0.29) is 18.1 Å². The molecule has 1 aliphatic rings. The van der Waals surface area contributed by atoms with Crippen LogP contribution in [0.15, 0.2) is 0 Å². The number of carboxylic acids is 1. The van der Waals surface area contributed by atoms with Crippen LogP contribution >= 0.6 is 0 Å². The van der Waals surface area contributed by atoms with Crippen LogP contribution in [0.1, 0.15) is 20.3 Å². The van der Waals surface area contributed by atoms with Crippen molar-refractivity contribution in [2.75, 3.05) is 24.6 Å². The van der Waals surface area contributed by atoms with Gasteiger partial charge in [0.15, 0.2) is 9.84 Å². The van der Waals surface area contributed by atoms with Crippen molar-refractivity contribution in [1.29, 1.82) is 0 Å². The standard InChI is InChI=1S/C10H17NO5S/c1-10(2,9(13)14)8(12)11-4-3-6-17(15,16)7-5-11/h3-7H2,1-2H3,(H,13,14). The van der Waals surface area contributed by atoms with Crippen LogP contribution in [0, 0.1) is 5.41 Å². The summed E-state index contributed by atoms with van der Waals surface area (Å²) in [6.07, 6.45) is 0.365. The molecule has 1 fully saturated rings. The van der Waals surface area contributed by atoms with Crippen molar-refractivity contribution in [2.24, 2.45) is 5.41 Å². The molecule has 0 saturated carbocycles. The highest BCUT2D eigenvalue weighted by atomic mass is 32.2. The molecule has 1 heterocycles. The summed E-state index contributed by atoms with van der Waals surface area (Å²) < 4.78 is 22.7. The second-order valence-corrected chi connectivity index (χ2v) is 7.03. The minimum absolute atomic E-state index is 0.0598. The molecule has 1 saturated heterocycles. The molecule has 0 atom stereocenters. The molecule has 0 spiro atoms. The fraction of sp³-hybridized carbons (Fsp3) is 0.800. The van der Waals surface area contributed by atoms with Crippen LogP contribution in [0.2, 0.25) is 0 Å². The molecule has 17 heavy (non-hydrogen) atoms. The van der Waals surface area contributed by atoms with Gasteiger partial charge in [0.05, 0.1) is 11.5 Å². The Morgan fingerprint density at radius 1 is 1.18 bits per heavy atom. The van der Waals surface area contributed by atoms with Gasteiger partial charge in [-0.05, 0) is 20.3 Å². The van der Waals surface area contributed by atoms with Crippen LogP contribution in [0.5, 0.6) is 0 Å². The van der Waals surface area contributed by atoms with Crippen molar-refractivity contribution in [3.05, 3.63) is 0 Å². The topological polar surface area (TPSA) is 91.8 Å². The zero-order chi connectivity index (χ0) is 13.3. The van der Waals surface area contributed by atoms with Crippen LogP contribution in [0.25, 0.3) is 0 Å². The molecule has 98 valence electrons. The van der Waals surface area contributed by atoms with Gasteiger partial charge in [0.2, 0.25) is 5.91 Å². The third-order valence-corrected chi connectivity index (χ3v) is 4.63.